The second-order valence-electron chi connectivity index (χ2n) is 5.71. The van der Waals surface area contributed by atoms with Gasteiger partial charge in [0.15, 0.2) is 0 Å². The van der Waals surface area contributed by atoms with Crippen molar-refractivity contribution in [3.63, 3.8) is 0 Å². The largest absolute Gasteiger partial charge is 0.492 e. The number of hydrogen-bond acceptors (Lipinski definition) is 4. The van der Waals surface area contributed by atoms with Crippen LogP contribution in [0.15, 0.2) is 35.2 Å². The summed E-state index contributed by atoms with van der Waals surface area (Å²) in [7, 11) is 0. The van der Waals surface area contributed by atoms with Crippen LogP contribution in [-0.2, 0) is 11.3 Å². The third kappa shape index (κ3) is 4.65. The zero-order valence-electron chi connectivity index (χ0n) is 14.5. The number of halogens is 4. The molecular weight excluding hydrogens is 631 g/mol. The summed E-state index contributed by atoms with van der Waals surface area (Å²) in [4.78, 5) is 26.4. The number of nitrogens with zero attached hydrogens (tertiary/aromatic N) is 1. The van der Waals surface area contributed by atoms with E-state index in [1.807, 2.05) is 19.1 Å². The first-order valence-corrected chi connectivity index (χ1v) is 11.5. The first kappa shape index (κ1) is 21.8. The molecule has 0 N–H and O–H groups in total. The molecule has 2 aromatic rings. The lowest BCUT2D eigenvalue weighted by Gasteiger charge is -2.14. The van der Waals surface area contributed by atoms with Crippen molar-refractivity contribution in [1.82, 2.24) is 4.90 Å². The average molecular weight is 644 g/mol. The quantitative estimate of drug-likeness (QED) is 0.283. The smallest absolute Gasteiger partial charge is 0.293 e. The molecule has 1 aliphatic heterocycles. The second-order valence-corrected chi connectivity index (χ2v) is 9.52. The molecule has 0 saturated carbocycles. The highest BCUT2D eigenvalue weighted by molar-refractivity contribution is 14.1. The Morgan fingerprint density at radius 1 is 1.29 bits per heavy atom. The Labute approximate surface area is 198 Å². The molecule has 0 atom stereocenters. The van der Waals surface area contributed by atoms with Gasteiger partial charge >= 0.3 is 0 Å². The maximum absolute atomic E-state index is 14.1. The molecule has 2 amide bonds. The van der Waals surface area contributed by atoms with Crippen molar-refractivity contribution in [3.05, 3.63) is 64.3 Å². The highest BCUT2D eigenvalue weighted by atomic mass is 127. The van der Waals surface area contributed by atoms with Gasteiger partial charge in [0.2, 0.25) is 0 Å². The number of hydrogen-bond donors (Lipinski definition) is 0. The lowest BCUT2D eigenvalue weighted by atomic mass is 10.1. The molecule has 1 fully saturated rings. The molecule has 28 heavy (non-hydrogen) atoms. The third-order valence-electron chi connectivity index (χ3n) is 3.86. The third-order valence-corrected chi connectivity index (χ3v) is 6.55. The van der Waals surface area contributed by atoms with E-state index in [9.17, 15) is 14.0 Å². The number of ether oxygens (including phenoxy) is 1. The molecule has 0 bridgehead atoms. The van der Waals surface area contributed by atoms with E-state index < -0.39 is 17.0 Å². The summed E-state index contributed by atoms with van der Waals surface area (Å²) in [6, 6.07) is 8.10. The van der Waals surface area contributed by atoms with E-state index in [0.29, 0.717) is 17.9 Å². The summed E-state index contributed by atoms with van der Waals surface area (Å²) < 4.78 is 21.7. The number of benzene rings is 2. The van der Waals surface area contributed by atoms with Gasteiger partial charge in [0.1, 0.15) is 11.6 Å². The van der Waals surface area contributed by atoms with Crippen molar-refractivity contribution in [2.45, 2.75) is 13.5 Å². The highest BCUT2D eigenvalue weighted by Crippen LogP contribution is 2.37. The topological polar surface area (TPSA) is 46.6 Å². The monoisotopic (exact) mass is 643 g/mol. The van der Waals surface area contributed by atoms with Gasteiger partial charge in [-0.25, -0.2) is 4.39 Å². The van der Waals surface area contributed by atoms with E-state index in [2.05, 4.69) is 45.2 Å². The van der Waals surface area contributed by atoms with Crippen LogP contribution in [0.1, 0.15) is 18.1 Å². The van der Waals surface area contributed by atoms with E-state index >= 15 is 0 Å². The predicted octanol–water partition coefficient (Wildman–Crippen LogP) is 6.32. The Balaban J connectivity index is 1.94. The van der Waals surface area contributed by atoms with Gasteiger partial charge in [0.05, 0.1) is 21.6 Å². The van der Waals surface area contributed by atoms with Crippen LogP contribution in [0.25, 0.3) is 6.08 Å². The van der Waals surface area contributed by atoms with E-state index in [1.165, 1.54) is 18.2 Å². The minimum absolute atomic E-state index is 0.117. The van der Waals surface area contributed by atoms with Gasteiger partial charge < -0.3 is 4.74 Å². The minimum atomic E-state index is -0.554. The van der Waals surface area contributed by atoms with Crippen molar-refractivity contribution in [2.24, 2.45) is 0 Å². The lowest BCUT2D eigenvalue weighted by Crippen LogP contribution is -2.28. The van der Waals surface area contributed by atoms with Gasteiger partial charge in [0.25, 0.3) is 11.1 Å². The minimum Gasteiger partial charge on any atom is -0.492 e. The van der Waals surface area contributed by atoms with Gasteiger partial charge in [-0.05, 0) is 94.2 Å². The van der Waals surface area contributed by atoms with Crippen LogP contribution in [0.4, 0.5) is 9.18 Å². The van der Waals surface area contributed by atoms with Gasteiger partial charge in [-0.2, -0.15) is 0 Å². The van der Waals surface area contributed by atoms with E-state index in [1.54, 1.807) is 6.08 Å². The summed E-state index contributed by atoms with van der Waals surface area (Å²) >= 11 is 11.2. The summed E-state index contributed by atoms with van der Waals surface area (Å²) in [6.07, 6.45) is 1.64. The molecule has 0 aromatic heterocycles. The maximum Gasteiger partial charge on any atom is 0.293 e. The van der Waals surface area contributed by atoms with E-state index in [0.717, 1.165) is 23.8 Å². The number of imide groups is 1. The Bertz CT molecular complexity index is 979. The van der Waals surface area contributed by atoms with Crippen molar-refractivity contribution < 1.29 is 18.7 Å². The molecule has 0 radical (unpaired) electrons. The standard InChI is InChI=1S/C19H13ClFI2NO3S/c1-2-27-17-10(6-11(22)8-15(17)23)7-16-18(25)24(19(26)28-16)9-12-13(20)4-3-5-14(12)21/h3-8H,2,9H2,1H3/b16-7-. The van der Waals surface area contributed by atoms with Crippen molar-refractivity contribution in [1.29, 1.82) is 0 Å². The average Bonchev–Trinajstić information content (AvgIpc) is 2.88. The SMILES string of the molecule is CCOc1c(I)cc(I)cc1/C=C1\SC(=O)N(Cc2c(F)cccc2Cl)C1=O. The number of carbonyl (C=O) groups excluding carboxylic acids is 2. The molecule has 4 nitrogen and oxygen atoms in total. The van der Waals surface area contributed by atoms with Gasteiger partial charge in [-0.3, -0.25) is 14.5 Å². The molecule has 1 aliphatic rings. The van der Waals surface area contributed by atoms with Gasteiger partial charge in [-0.1, -0.05) is 17.7 Å². The molecule has 1 saturated heterocycles. The number of carbonyl (C=O) groups is 2. The zero-order valence-corrected chi connectivity index (χ0v) is 20.4. The summed E-state index contributed by atoms with van der Waals surface area (Å²) in [6.45, 7) is 2.14. The van der Waals surface area contributed by atoms with E-state index in [4.69, 9.17) is 16.3 Å². The van der Waals surface area contributed by atoms with E-state index in [-0.39, 0.29) is 22.0 Å². The van der Waals surface area contributed by atoms with Crippen LogP contribution >= 0.6 is 68.5 Å². The van der Waals surface area contributed by atoms with Crippen LogP contribution in [0, 0.1) is 13.0 Å². The molecule has 2 aromatic carbocycles. The van der Waals surface area contributed by atoms with Gasteiger partial charge in [0, 0.05) is 19.7 Å². The van der Waals surface area contributed by atoms with Gasteiger partial charge in [-0.15, -0.1) is 0 Å². The number of amides is 2. The van der Waals surface area contributed by atoms with Crippen LogP contribution in [0.2, 0.25) is 5.02 Å². The fourth-order valence-corrected chi connectivity index (χ4v) is 5.70. The molecule has 3 rings (SSSR count). The van der Waals surface area contributed by atoms with Crippen LogP contribution < -0.4 is 4.74 Å². The molecular formula is C19H13ClFI2NO3S. The van der Waals surface area contributed by atoms with Crippen molar-refractivity contribution >= 4 is 85.8 Å². The molecule has 0 spiro atoms. The zero-order chi connectivity index (χ0) is 20.4. The summed E-state index contributed by atoms with van der Waals surface area (Å²) in [5, 5.41) is -0.289. The fraction of sp³-hybridized carbons (Fsp3) is 0.158. The molecule has 1 heterocycles. The number of rotatable bonds is 5. The van der Waals surface area contributed by atoms with Crippen molar-refractivity contribution in [2.75, 3.05) is 6.61 Å². The molecule has 0 aliphatic carbocycles. The molecule has 0 unspecified atom stereocenters. The first-order chi connectivity index (χ1) is 13.3. The Morgan fingerprint density at radius 2 is 2.04 bits per heavy atom. The van der Waals surface area contributed by atoms with Crippen molar-refractivity contribution in [3.8, 4) is 5.75 Å². The predicted molar refractivity (Wildman–Crippen MR) is 126 cm³/mol. The Hall–Kier alpha value is -0.850. The van der Waals surface area contributed by atoms with Crippen LogP contribution in [-0.4, -0.2) is 22.7 Å². The first-order valence-electron chi connectivity index (χ1n) is 8.12. The highest BCUT2D eigenvalue weighted by Gasteiger charge is 2.36. The normalized spacial score (nSPS) is 15.6. The van der Waals surface area contributed by atoms with Crippen LogP contribution in [0.3, 0.4) is 0 Å². The Morgan fingerprint density at radius 3 is 2.71 bits per heavy atom. The van der Waals surface area contributed by atoms with Crippen LogP contribution in [0.5, 0.6) is 5.75 Å². The lowest BCUT2D eigenvalue weighted by molar-refractivity contribution is -0.123. The molecule has 9 heteroatoms. The molecule has 146 valence electrons. The maximum atomic E-state index is 14.1. The fourth-order valence-electron chi connectivity index (χ4n) is 2.60. The summed E-state index contributed by atoms with van der Waals surface area (Å²) in [5.41, 5.74) is 0.833. The number of thioether (sulfide) groups is 1. The second kappa shape index (κ2) is 9.31. The summed E-state index contributed by atoms with van der Waals surface area (Å²) in [5.74, 6) is -0.376. The Kier molecular flexibility index (Phi) is 7.26.